The molecular formula is C19H23NO2. The number of aliphatic carboxylic acids is 1. The lowest BCUT2D eigenvalue weighted by atomic mass is 10.0. The SMILES string of the molecule is CC(CCc1ccccc1)N[C@@H](Cc1ccccc1)C(=O)O. The molecule has 0 radical (unpaired) electrons. The van der Waals surface area contributed by atoms with E-state index in [0.29, 0.717) is 6.42 Å². The van der Waals surface area contributed by atoms with Crippen LogP contribution in [0.15, 0.2) is 60.7 Å². The van der Waals surface area contributed by atoms with Crippen molar-refractivity contribution in [2.75, 3.05) is 0 Å². The Balaban J connectivity index is 1.86. The molecule has 2 aromatic carbocycles. The van der Waals surface area contributed by atoms with Crippen LogP contribution in [0.1, 0.15) is 24.5 Å². The number of hydrogen-bond acceptors (Lipinski definition) is 2. The highest BCUT2D eigenvalue weighted by Crippen LogP contribution is 2.08. The molecule has 0 aliphatic rings. The molecule has 0 fully saturated rings. The van der Waals surface area contributed by atoms with Crippen molar-refractivity contribution >= 4 is 5.97 Å². The van der Waals surface area contributed by atoms with Crippen LogP contribution in [0, 0.1) is 0 Å². The molecular weight excluding hydrogens is 274 g/mol. The van der Waals surface area contributed by atoms with E-state index in [4.69, 9.17) is 0 Å². The lowest BCUT2D eigenvalue weighted by Gasteiger charge is -2.20. The van der Waals surface area contributed by atoms with Gasteiger partial charge in [0.1, 0.15) is 6.04 Å². The van der Waals surface area contributed by atoms with E-state index in [1.807, 2.05) is 55.5 Å². The highest BCUT2D eigenvalue weighted by atomic mass is 16.4. The maximum absolute atomic E-state index is 11.5. The van der Waals surface area contributed by atoms with Gasteiger partial charge >= 0.3 is 5.97 Å². The van der Waals surface area contributed by atoms with Crippen molar-refractivity contribution in [3.8, 4) is 0 Å². The molecule has 2 rings (SSSR count). The highest BCUT2D eigenvalue weighted by Gasteiger charge is 2.19. The molecule has 22 heavy (non-hydrogen) atoms. The number of carboxylic acids is 1. The molecule has 0 amide bonds. The zero-order chi connectivity index (χ0) is 15.8. The maximum Gasteiger partial charge on any atom is 0.321 e. The quantitative estimate of drug-likeness (QED) is 0.786. The topological polar surface area (TPSA) is 49.3 Å². The summed E-state index contributed by atoms with van der Waals surface area (Å²) in [5, 5.41) is 12.6. The Morgan fingerprint density at radius 2 is 1.55 bits per heavy atom. The second-order valence-corrected chi connectivity index (χ2v) is 5.67. The smallest absolute Gasteiger partial charge is 0.321 e. The fraction of sp³-hybridized carbons (Fsp3) is 0.316. The van der Waals surface area contributed by atoms with Gasteiger partial charge in [-0.05, 0) is 37.3 Å². The molecule has 2 N–H and O–H groups in total. The van der Waals surface area contributed by atoms with E-state index in [-0.39, 0.29) is 6.04 Å². The number of benzene rings is 2. The van der Waals surface area contributed by atoms with Gasteiger partial charge in [-0.3, -0.25) is 4.79 Å². The van der Waals surface area contributed by atoms with Crippen LogP contribution in [-0.4, -0.2) is 23.2 Å². The van der Waals surface area contributed by atoms with E-state index >= 15 is 0 Å². The number of carbonyl (C=O) groups is 1. The van der Waals surface area contributed by atoms with Crippen LogP contribution in [0.5, 0.6) is 0 Å². The van der Waals surface area contributed by atoms with Gasteiger partial charge in [-0.1, -0.05) is 60.7 Å². The molecule has 0 bridgehead atoms. The van der Waals surface area contributed by atoms with Crippen molar-refractivity contribution in [3.05, 3.63) is 71.8 Å². The summed E-state index contributed by atoms with van der Waals surface area (Å²) in [7, 11) is 0. The number of carboxylic acid groups (broad SMARTS) is 1. The molecule has 1 unspecified atom stereocenters. The maximum atomic E-state index is 11.5. The average Bonchev–Trinajstić information content (AvgIpc) is 2.54. The summed E-state index contributed by atoms with van der Waals surface area (Å²) in [5.74, 6) is -0.796. The molecule has 0 aliphatic heterocycles. The van der Waals surface area contributed by atoms with E-state index in [1.165, 1.54) is 5.56 Å². The van der Waals surface area contributed by atoms with Gasteiger partial charge < -0.3 is 10.4 Å². The van der Waals surface area contributed by atoms with Crippen LogP contribution in [-0.2, 0) is 17.6 Å². The molecule has 0 spiro atoms. The zero-order valence-corrected chi connectivity index (χ0v) is 12.9. The van der Waals surface area contributed by atoms with Crippen LogP contribution in [0.4, 0.5) is 0 Å². The summed E-state index contributed by atoms with van der Waals surface area (Å²) in [4.78, 5) is 11.5. The van der Waals surface area contributed by atoms with Gasteiger partial charge in [0, 0.05) is 6.04 Å². The van der Waals surface area contributed by atoms with Crippen LogP contribution in [0.25, 0.3) is 0 Å². The van der Waals surface area contributed by atoms with Crippen molar-refractivity contribution in [2.45, 2.75) is 38.3 Å². The molecule has 0 aliphatic carbocycles. The Bertz CT molecular complexity index is 569. The third kappa shape index (κ3) is 5.34. The van der Waals surface area contributed by atoms with Gasteiger partial charge in [0.2, 0.25) is 0 Å². The van der Waals surface area contributed by atoms with E-state index in [2.05, 4.69) is 17.4 Å². The van der Waals surface area contributed by atoms with Gasteiger partial charge in [-0.2, -0.15) is 0 Å². The first kappa shape index (κ1) is 16.2. The van der Waals surface area contributed by atoms with E-state index < -0.39 is 12.0 Å². The number of nitrogens with one attached hydrogen (secondary N) is 1. The fourth-order valence-electron chi connectivity index (χ4n) is 2.52. The monoisotopic (exact) mass is 297 g/mol. The van der Waals surface area contributed by atoms with Crippen molar-refractivity contribution < 1.29 is 9.90 Å². The molecule has 0 saturated heterocycles. The largest absolute Gasteiger partial charge is 0.480 e. The van der Waals surface area contributed by atoms with Crippen LogP contribution >= 0.6 is 0 Å². The summed E-state index contributed by atoms with van der Waals surface area (Å²) >= 11 is 0. The summed E-state index contributed by atoms with van der Waals surface area (Å²) < 4.78 is 0. The predicted molar refractivity (Wildman–Crippen MR) is 88.9 cm³/mol. The lowest BCUT2D eigenvalue weighted by Crippen LogP contribution is -2.43. The second-order valence-electron chi connectivity index (χ2n) is 5.67. The summed E-state index contributed by atoms with van der Waals surface area (Å²) in [5.41, 5.74) is 2.32. The number of aryl methyl sites for hydroxylation is 1. The second kappa shape index (κ2) is 8.35. The predicted octanol–water partition coefficient (Wildman–Crippen LogP) is 3.29. The Morgan fingerprint density at radius 3 is 2.09 bits per heavy atom. The van der Waals surface area contributed by atoms with Gasteiger partial charge in [0.25, 0.3) is 0 Å². The third-order valence-corrected chi connectivity index (χ3v) is 3.78. The minimum Gasteiger partial charge on any atom is -0.480 e. The summed E-state index contributed by atoms with van der Waals surface area (Å²) in [6.45, 7) is 2.05. The van der Waals surface area contributed by atoms with Crippen molar-refractivity contribution in [2.24, 2.45) is 0 Å². The van der Waals surface area contributed by atoms with Crippen LogP contribution in [0.2, 0.25) is 0 Å². The van der Waals surface area contributed by atoms with Crippen molar-refractivity contribution in [1.82, 2.24) is 5.32 Å². The first-order valence-corrected chi connectivity index (χ1v) is 7.72. The molecule has 0 aromatic heterocycles. The Kier molecular flexibility index (Phi) is 6.16. The van der Waals surface area contributed by atoms with Crippen molar-refractivity contribution in [1.29, 1.82) is 0 Å². The summed E-state index contributed by atoms with van der Waals surface area (Å²) in [6, 6.07) is 19.6. The van der Waals surface area contributed by atoms with E-state index in [1.54, 1.807) is 0 Å². The van der Waals surface area contributed by atoms with Gasteiger partial charge in [0.05, 0.1) is 0 Å². The fourth-order valence-corrected chi connectivity index (χ4v) is 2.52. The van der Waals surface area contributed by atoms with E-state index in [0.717, 1.165) is 18.4 Å². The Labute approximate surface area is 132 Å². The normalized spacial score (nSPS) is 13.5. The van der Waals surface area contributed by atoms with Crippen LogP contribution < -0.4 is 5.32 Å². The standard InChI is InChI=1S/C19H23NO2/c1-15(12-13-16-8-4-2-5-9-16)20-18(19(21)22)14-17-10-6-3-7-11-17/h2-11,15,18,20H,12-14H2,1H3,(H,21,22)/t15?,18-/m0/s1. The van der Waals surface area contributed by atoms with E-state index in [9.17, 15) is 9.90 Å². The lowest BCUT2D eigenvalue weighted by molar-refractivity contribution is -0.139. The molecule has 2 aromatic rings. The minimum atomic E-state index is -0.796. The Morgan fingerprint density at radius 1 is 1.00 bits per heavy atom. The molecule has 3 nitrogen and oxygen atoms in total. The average molecular weight is 297 g/mol. The molecule has 3 heteroatoms. The number of hydrogen-bond donors (Lipinski definition) is 2. The first-order valence-electron chi connectivity index (χ1n) is 7.72. The first-order chi connectivity index (χ1) is 10.6. The number of rotatable bonds is 8. The minimum absolute atomic E-state index is 0.157. The van der Waals surface area contributed by atoms with Crippen LogP contribution in [0.3, 0.4) is 0 Å². The van der Waals surface area contributed by atoms with Gasteiger partial charge in [0.15, 0.2) is 0 Å². The molecule has 0 heterocycles. The molecule has 0 saturated carbocycles. The van der Waals surface area contributed by atoms with Gasteiger partial charge in [-0.15, -0.1) is 0 Å². The Hall–Kier alpha value is -2.13. The highest BCUT2D eigenvalue weighted by molar-refractivity contribution is 5.74. The zero-order valence-electron chi connectivity index (χ0n) is 12.9. The third-order valence-electron chi connectivity index (χ3n) is 3.78. The molecule has 2 atom stereocenters. The molecule has 116 valence electrons. The van der Waals surface area contributed by atoms with Gasteiger partial charge in [-0.25, -0.2) is 0 Å². The van der Waals surface area contributed by atoms with Crippen molar-refractivity contribution in [3.63, 3.8) is 0 Å². The summed E-state index contributed by atoms with van der Waals surface area (Å²) in [6.07, 6.45) is 2.38.